The van der Waals surface area contributed by atoms with Crippen LogP contribution in [0.25, 0.3) is 0 Å². The van der Waals surface area contributed by atoms with Gasteiger partial charge in [-0.05, 0) is 48.9 Å². The molecule has 0 fully saturated rings. The quantitative estimate of drug-likeness (QED) is 0.802. The van der Waals surface area contributed by atoms with E-state index in [1.54, 1.807) is 31.2 Å². The first-order valence-corrected chi connectivity index (χ1v) is 6.09. The van der Waals surface area contributed by atoms with Crippen molar-refractivity contribution < 1.29 is 18.7 Å². The zero-order valence-corrected chi connectivity index (χ0v) is 11.6. The van der Waals surface area contributed by atoms with Crippen LogP contribution in [-0.2, 0) is 0 Å². The Kier molecular flexibility index (Phi) is 4.03. The van der Waals surface area contributed by atoms with E-state index in [1.807, 2.05) is 0 Å². The van der Waals surface area contributed by atoms with Crippen LogP contribution in [0.2, 0.25) is 0 Å². The molecule has 0 saturated carbocycles. The normalized spacial score (nSPS) is 10.2. The van der Waals surface area contributed by atoms with E-state index in [0.717, 1.165) is 0 Å². The fraction of sp³-hybridized carbons (Fsp3) is 0.188. The maximum Gasteiger partial charge on any atom is 0.197 e. The van der Waals surface area contributed by atoms with Crippen molar-refractivity contribution in [2.45, 2.75) is 6.92 Å². The van der Waals surface area contributed by atoms with Gasteiger partial charge in [0.25, 0.3) is 0 Å². The minimum absolute atomic E-state index is 0.286. The Morgan fingerprint density at radius 2 is 1.80 bits per heavy atom. The molecule has 104 valence electrons. The summed E-state index contributed by atoms with van der Waals surface area (Å²) in [6, 6.07) is 9.17. The van der Waals surface area contributed by atoms with Crippen LogP contribution in [0.15, 0.2) is 36.4 Å². The summed E-state index contributed by atoms with van der Waals surface area (Å²) in [5.74, 6) is 0.235. The Bertz CT molecular complexity index is 630. The first kappa shape index (κ1) is 14.1. The van der Waals surface area contributed by atoms with E-state index in [1.165, 1.54) is 26.4 Å². The predicted molar refractivity (Wildman–Crippen MR) is 74.1 cm³/mol. The standard InChI is InChI=1S/C16H15FO3/c1-10-6-11(8-12(17)7-10)16(18)14-9-13(19-2)4-5-15(14)20-3/h4-9H,1-3H3. The van der Waals surface area contributed by atoms with Crippen molar-refractivity contribution in [3.05, 3.63) is 58.9 Å². The predicted octanol–water partition coefficient (Wildman–Crippen LogP) is 3.38. The monoisotopic (exact) mass is 274 g/mol. The Morgan fingerprint density at radius 1 is 1.05 bits per heavy atom. The molecule has 0 radical (unpaired) electrons. The van der Waals surface area contributed by atoms with Crippen LogP contribution in [0.5, 0.6) is 11.5 Å². The molecule has 2 aromatic carbocycles. The second-order valence-electron chi connectivity index (χ2n) is 4.41. The summed E-state index contributed by atoms with van der Waals surface area (Å²) in [6.45, 7) is 1.74. The Labute approximate surface area is 117 Å². The first-order chi connectivity index (χ1) is 9.55. The van der Waals surface area contributed by atoms with Crippen LogP contribution in [0.1, 0.15) is 21.5 Å². The van der Waals surface area contributed by atoms with E-state index in [-0.39, 0.29) is 11.3 Å². The van der Waals surface area contributed by atoms with Gasteiger partial charge in [-0.3, -0.25) is 4.79 Å². The number of hydrogen-bond donors (Lipinski definition) is 0. The van der Waals surface area contributed by atoms with Crippen LogP contribution in [0, 0.1) is 12.7 Å². The minimum Gasteiger partial charge on any atom is -0.497 e. The fourth-order valence-corrected chi connectivity index (χ4v) is 2.01. The molecule has 4 heteroatoms. The molecule has 0 aromatic heterocycles. The average molecular weight is 274 g/mol. The second-order valence-corrected chi connectivity index (χ2v) is 4.41. The average Bonchev–Trinajstić information content (AvgIpc) is 2.44. The second kappa shape index (κ2) is 5.74. The molecule has 0 N–H and O–H groups in total. The highest BCUT2D eigenvalue weighted by Gasteiger charge is 2.16. The van der Waals surface area contributed by atoms with E-state index >= 15 is 0 Å². The van der Waals surface area contributed by atoms with E-state index in [0.29, 0.717) is 22.6 Å². The molecule has 2 rings (SSSR count). The number of ketones is 1. The molecular formula is C16H15FO3. The number of halogens is 1. The third-order valence-corrected chi connectivity index (χ3v) is 2.96. The van der Waals surface area contributed by atoms with Crippen LogP contribution in [0.4, 0.5) is 4.39 Å². The summed E-state index contributed by atoms with van der Waals surface area (Å²) in [6.07, 6.45) is 0. The summed E-state index contributed by atoms with van der Waals surface area (Å²) in [5.41, 5.74) is 1.32. The van der Waals surface area contributed by atoms with Crippen molar-refractivity contribution in [2.75, 3.05) is 14.2 Å². The third kappa shape index (κ3) is 2.79. The van der Waals surface area contributed by atoms with Crippen LogP contribution >= 0.6 is 0 Å². The number of carbonyl (C=O) groups is 1. The molecule has 0 amide bonds. The van der Waals surface area contributed by atoms with Crippen molar-refractivity contribution in [1.82, 2.24) is 0 Å². The molecule has 0 aliphatic carbocycles. The molecular weight excluding hydrogens is 259 g/mol. The van der Waals surface area contributed by atoms with Gasteiger partial charge in [0.2, 0.25) is 0 Å². The van der Waals surface area contributed by atoms with Crippen molar-refractivity contribution >= 4 is 5.78 Å². The number of rotatable bonds is 4. The van der Waals surface area contributed by atoms with Crippen LogP contribution in [-0.4, -0.2) is 20.0 Å². The van der Waals surface area contributed by atoms with Crippen molar-refractivity contribution in [1.29, 1.82) is 0 Å². The van der Waals surface area contributed by atoms with Gasteiger partial charge in [-0.15, -0.1) is 0 Å². The fourth-order valence-electron chi connectivity index (χ4n) is 2.01. The topological polar surface area (TPSA) is 35.5 Å². The van der Waals surface area contributed by atoms with E-state index in [4.69, 9.17) is 9.47 Å². The number of hydrogen-bond acceptors (Lipinski definition) is 3. The molecule has 20 heavy (non-hydrogen) atoms. The van der Waals surface area contributed by atoms with Crippen molar-refractivity contribution in [2.24, 2.45) is 0 Å². The molecule has 0 aliphatic rings. The van der Waals surface area contributed by atoms with Crippen LogP contribution in [0.3, 0.4) is 0 Å². The zero-order chi connectivity index (χ0) is 14.7. The van der Waals surface area contributed by atoms with E-state index < -0.39 is 5.82 Å². The lowest BCUT2D eigenvalue weighted by Gasteiger charge is -2.10. The maximum atomic E-state index is 13.4. The van der Waals surface area contributed by atoms with Gasteiger partial charge in [-0.2, -0.15) is 0 Å². The van der Waals surface area contributed by atoms with Gasteiger partial charge in [0.1, 0.15) is 17.3 Å². The molecule has 0 bridgehead atoms. The van der Waals surface area contributed by atoms with Crippen molar-refractivity contribution in [3.63, 3.8) is 0 Å². The smallest absolute Gasteiger partial charge is 0.197 e. The Hall–Kier alpha value is -2.36. The van der Waals surface area contributed by atoms with Gasteiger partial charge in [-0.25, -0.2) is 4.39 Å². The molecule has 3 nitrogen and oxygen atoms in total. The molecule has 2 aromatic rings. The lowest BCUT2D eigenvalue weighted by Crippen LogP contribution is -2.05. The van der Waals surface area contributed by atoms with Crippen molar-refractivity contribution in [3.8, 4) is 11.5 Å². The molecule has 0 aliphatic heterocycles. The highest BCUT2D eigenvalue weighted by atomic mass is 19.1. The zero-order valence-electron chi connectivity index (χ0n) is 11.6. The summed E-state index contributed by atoms with van der Waals surface area (Å²) < 4.78 is 23.7. The number of aryl methyl sites for hydroxylation is 1. The summed E-state index contributed by atoms with van der Waals surface area (Å²) in [5, 5.41) is 0. The van der Waals surface area contributed by atoms with Gasteiger partial charge >= 0.3 is 0 Å². The number of benzene rings is 2. The SMILES string of the molecule is COc1ccc(OC)c(C(=O)c2cc(C)cc(F)c2)c1. The number of ether oxygens (including phenoxy) is 2. The molecule has 0 atom stereocenters. The van der Waals surface area contributed by atoms with Gasteiger partial charge < -0.3 is 9.47 Å². The largest absolute Gasteiger partial charge is 0.497 e. The molecule has 0 heterocycles. The first-order valence-electron chi connectivity index (χ1n) is 6.09. The summed E-state index contributed by atoms with van der Waals surface area (Å²) in [7, 11) is 3.00. The molecule has 0 unspecified atom stereocenters. The van der Waals surface area contributed by atoms with Gasteiger partial charge in [0, 0.05) is 5.56 Å². The highest BCUT2D eigenvalue weighted by molar-refractivity contribution is 6.11. The van der Waals surface area contributed by atoms with Gasteiger partial charge in [-0.1, -0.05) is 0 Å². The minimum atomic E-state index is -0.435. The Morgan fingerprint density at radius 3 is 2.40 bits per heavy atom. The lowest BCUT2D eigenvalue weighted by atomic mass is 10.0. The van der Waals surface area contributed by atoms with Crippen LogP contribution < -0.4 is 9.47 Å². The van der Waals surface area contributed by atoms with Gasteiger partial charge in [0.15, 0.2) is 5.78 Å². The summed E-state index contributed by atoms with van der Waals surface area (Å²) >= 11 is 0. The highest BCUT2D eigenvalue weighted by Crippen LogP contribution is 2.26. The number of carbonyl (C=O) groups excluding carboxylic acids is 1. The third-order valence-electron chi connectivity index (χ3n) is 2.96. The molecule has 0 spiro atoms. The maximum absolute atomic E-state index is 13.4. The molecule has 0 saturated heterocycles. The van der Waals surface area contributed by atoms with E-state index in [2.05, 4.69) is 0 Å². The lowest BCUT2D eigenvalue weighted by molar-refractivity contribution is 0.103. The van der Waals surface area contributed by atoms with E-state index in [9.17, 15) is 9.18 Å². The van der Waals surface area contributed by atoms with Gasteiger partial charge in [0.05, 0.1) is 19.8 Å². The number of methoxy groups -OCH3 is 2. The Balaban J connectivity index is 2.51. The summed E-state index contributed by atoms with van der Waals surface area (Å²) in [4.78, 5) is 12.5.